The Balaban J connectivity index is 1.49. The molecule has 4 rings (SSSR count). The Morgan fingerprint density at radius 3 is 2.33 bits per heavy atom. The molecule has 2 heterocycles. The highest BCUT2D eigenvalue weighted by atomic mass is 16.6. The van der Waals surface area contributed by atoms with Crippen LogP contribution in [0, 0.1) is 17.3 Å². The summed E-state index contributed by atoms with van der Waals surface area (Å²) in [7, 11) is 0. The normalized spacial score (nSPS) is 42.5. The monoisotopic (exact) mass is 336 g/mol. The van der Waals surface area contributed by atoms with Crippen LogP contribution in [-0.2, 0) is 14.3 Å². The summed E-state index contributed by atoms with van der Waals surface area (Å²) in [5.74, 6) is 0.291. The number of carbonyl (C=O) groups is 1. The van der Waals surface area contributed by atoms with Gasteiger partial charge in [-0.3, -0.25) is 4.79 Å². The number of rotatable bonds is 8. The van der Waals surface area contributed by atoms with Gasteiger partial charge in [-0.2, -0.15) is 0 Å². The molecule has 4 nitrogen and oxygen atoms in total. The molecular formula is C20H32O4. The number of unbranched alkanes of at least 4 members (excludes halogenated alkanes) is 2. The maximum absolute atomic E-state index is 12.5. The lowest BCUT2D eigenvalue weighted by molar-refractivity contribution is -0.156. The molecule has 136 valence electrons. The molecule has 0 radical (unpaired) electrons. The maximum atomic E-state index is 12.5. The number of epoxide rings is 2. The lowest BCUT2D eigenvalue weighted by atomic mass is 9.61. The van der Waals surface area contributed by atoms with Crippen molar-refractivity contribution in [3.05, 3.63) is 0 Å². The average Bonchev–Trinajstić information content (AvgIpc) is 3.46. The minimum atomic E-state index is -0.540. The molecule has 7 unspecified atom stereocenters. The van der Waals surface area contributed by atoms with E-state index in [1.165, 1.54) is 0 Å². The van der Waals surface area contributed by atoms with Gasteiger partial charge in [-0.05, 0) is 63.2 Å². The number of carboxylic acid groups (broad SMARTS) is 1. The maximum Gasteiger partial charge on any atom is 0.309 e. The number of fused-ring (bicyclic) bond motifs is 2. The van der Waals surface area contributed by atoms with Gasteiger partial charge in [0, 0.05) is 0 Å². The van der Waals surface area contributed by atoms with Crippen molar-refractivity contribution in [2.24, 2.45) is 17.3 Å². The van der Waals surface area contributed by atoms with Crippen molar-refractivity contribution in [2.45, 2.75) is 102 Å². The molecule has 7 atom stereocenters. The predicted octanol–water partition coefficient (Wildman–Crippen LogP) is 4.16. The smallest absolute Gasteiger partial charge is 0.309 e. The van der Waals surface area contributed by atoms with Gasteiger partial charge >= 0.3 is 5.97 Å². The molecule has 0 bridgehead atoms. The van der Waals surface area contributed by atoms with Crippen LogP contribution in [0.3, 0.4) is 0 Å². The summed E-state index contributed by atoms with van der Waals surface area (Å²) in [4.78, 5) is 12.5. The average molecular weight is 336 g/mol. The zero-order valence-electron chi connectivity index (χ0n) is 14.9. The third-order valence-electron chi connectivity index (χ3n) is 7.20. The van der Waals surface area contributed by atoms with E-state index in [-0.39, 0.29) is 0 Å². The van der Waals surface area contributed by atoms with E-state index in [2.05, 4.69) is 6.92 Å². The van der Waals surface area contributed by atoms with Crippen molar-refractivity contribution in [3.63, 3.8) is 0 Å². The standard InChI is InChI=1S/C20H32O4/c1-2-3-4-9-20(19(21)22,14-6-8-16-18(11-14)24-16)12-13-5-7-15-17(10-13)23-15/h13-18H,2-12H2,1H3,(H,21,22). The Morgan fingerprint density at radius 2 is 1.71 bits per heavy atom. The second-order valence-electron chi connectivity index (χ2n) is 8.74. The third-order valence-corrected chi connectivity index (χ3v) is 7.20. The van der Waals surface area contributed by atoms with Gasteiger partial charge in [0.25, 0.3) is 0 Å². The molecule has 2 aliphatic carbocycles. The van der Waals surface area contributed by atoms with Crippen molar-refractivity contribution < 1.29 is 19.4 Å². The van der Waals surface area contributed by atoms with E-state index in [4.69, 9.17) is 9.47 Å². The van der Waals surface area contributed by atoms with Crippen LogP contribution in [0.5, 0.6) is 0 Å². The van der Waals surface area contributed by atoms with Crippen molar-refractivity contribution in [2.75, 3.05) is 0 Å². The number of hydrogen-bond donors (Lipinski definition) is 1. The van der Waals surface area contributed by atoms with Gasteiger partial charge in [-0.15, -0.1) is 0 Å². The van der Waals surface area contributed by atoms with E-state index in [0.29, 0.717) is 36.3 Å². The van der Waals surface area contributed by atoms with Crippen molar-refractivity contribution in [3.8, 4) is 0 Å². The Labute approximate surface area is 145 Å². The first kappa shape index (κ1) is 16.8. The van der Waals surface area contributed by atoms with Crippen LogP contribution in [-0.4, -0.2) is 35.5 Å². The van der Waals surface area contributed by atoms with E-state index >= 15 is 0 Å². The Hall–Kier alpha value is -0.610. The SMILES string of the molecule is CCCCCC(CC1CCC2OC2C1)(C(=O)O)C1CCC2OC2C1. The zero-order valence-corrected chi connectivity index (χ0v) is 14.9. The fourth-order valence-corrected chi connectivity index (χ4v) is 5.63. The summed E-state index contributed by atoms with van der Waals surface area (Å²) < 4.78 is 11.4. The van der Waals surface area contributed by atoms with Crippen molar-refractivity contribution >= 4 is 5.97 Å². The first-order valence-corrected chi connectivity index (χ1v) is 10.2. The van der Waals surface area contributed by atoms with Gasteiger partial charge < -0.3 is 14.6 Å². The predicted molar refractivity (Wildman–Crippen MR) is 90.8 cm³/mol. The Morgan fingerprint density at radius 1 is 1.00 bits per heavy atom. The largest absolute Gasteiger partial charge is 0.481 e. The first-order valence-electron chi connectivity index (χ1n) is 10.2. The minimum absolute atomic E-state index is 0.299. The second kappa shape index (κ2) is 6.60. The molecule has 2 saturated heterocycles. The van der Waals surface area contributed by atoms with Crippen LogP contribution < -0.4 is 0 Å². The molecule has 2 aliphatic heterocycles. The van der Waals surface area contributed by atoms with E-state index < -0.39 is 11.4 Å². The van der Waals surface area contributed by atoms with Gasteiger partial charge in [0.05, 0.1) is 29.8 Å². The fourth-order valence-electron chi connectivity index (χ4n) is 5.63. The minimum Gasteiger partial charge on any atom is -0.481 e. The number of hydrogen-bond acceptors (Lipinski definition) is 3. The highest BCUT2D eigenvalue weighted by Crippen LogP contribution is 2.53. The summed E-state index contributed by atoms with van der Waals surface area (Å²) in [5, 5.41) is 10.3. The third kappa shape index (κ3) is 3.24. The molecule has 4 aliphatic rings. The molecule has 0 spiro atoms. The fraction of sp³-hybridized carbons (Fsp3) is 0.950. The van der Waals surface area contributed by atoms with Gasteiger partial charge in [0.2, 0.25) is 0 Å². The lowest BCUT2D eigenvalue weighted by Crippen LogP contribution is -2.43. The molecule has 4 fully saturated rings. The molecule has 0 aromatic carbocycles. The van der Waals surface area contributed by atoms with Crippen LogP contribution in [0.25, 0.3) is 0 Å². The summed E-state index contributed by atoms with van der Waals surface area (Å²) in [6.45, 7) is 2.19. The molecular weight excluding hydrogens is 304 g/mol. The van der Waals surface area contributed by atoms with E-state index in [0.717, 1.165) is 70.6 Å². The van der Waals surface area contributed by atoms with Gasteiger partial charge in [0.1, 0.15) is 0 Å². The lowest BCUT2D eigenvalue weighted by Gasteiger charge is -2.41. The van der Waals surface area contributed by atoms with Crippen LogP contribution >= 0.6 is 0 Å². The molecule has 0 aromatic heterocycles. The highest BCUT2D eigenvalue weighted by molar-refractivity contribution is 5.75. The van der Waals surface area contributed by atoms with Crippen LogP contribution in [0.1, 0.15) is 77.6 Å². The molecule has 2 saturated carbocycles. The number of carboxylic acids is 1. The highest BCUT2D eigenvalue weighted by Gasteiger charge is 2.55. The van der Waals surface area contributed by atoms with E-state index in [1.54, 1.807) is 0 Å². The van der Waals surface area contributed by atoms with Crippen LogP contribution in [0.2, 0.25) is 0 Å². The summed E-state index contributed by atoms with van der Waals surface area (Å²) in [5.41, 5.74) is -0.529. The Bertz CT molecular complexity index is 478. The van der Waals surface area contributed by atoms with E-state index in [1.807, 2.05) is 0 Å². The quantitative estimate of drug-likeness (QED) is 0.534. The molecule has 0 amide bonds. The van der Waals surface area contributed by atoms with Gasteiger partial charge in [-0.1, -0.05) is 26.2 Å². The van der Waals surface area contributed by atoms with Gasteiger partial charge in [0.15, 0.2) is 0 Å². The molecule has 24 heavy (non-hydrogen) atoms. The molecule has 0 aromatic rings. The Kier molecular flexibility index (Phi) is 4.63. The van der Waals surface area contributed by atoms with Crippen molar-refractivity contribution in [1.29, 1.82) is 0 Å². The summed E-state index contributed by atoms with van der Waals surface area (Å²) >= 11 is 0. The summed E-state index contributed by atoms with van der Waals surface area (Å²) in [6.07, 6.45) is 13.2. The first-order chi connectivity index (χ1) is 11.6. The van der Waals surface area contributed by atoms with Gasteiger partial charge in [-0.25, -0.2) is 0 Å². The second-order valence-corrected chi connectivity index (χ2v) is 8.74. The molecule has 4 heteroatoms. The number of aliphatic carboxylic acids is 1. The van der Waals surface area contributed by atoms with Crippen LogP contribution in [0.4, 0.5) is 0 Å². The van der Waals surface area contributed by atoms with E-state index in [9.17, 15) is 9.90 Å². The number of ether oxygens (including phenoxy) is 2. The summed E-state index contributed by atoms with van der Waals surface area (Å²) in [6, 6.07) is 0. The van der Waals surface area contributed by atoms with Crippen LogP contribution in [0.15, 0.2) is 0 Å². The zero-order chi connectivity index (χ0) is 16.7. The molecule has 1 N–H and O–H groups in total. The topological polar surface area (TPSA) is 62.4 Å². The van der Waals surface area contributed by atoms with Crippen molar-refractivity contribution in [1.82, 2.24) is 0 Å².